The third-order valence-electron chi connectivity index (χ3n) is 2.22. The minimum Gasteiger partial charge on any atom is -0.396 e. The molecule has 1 aromatic heterocycles. The molecule has 3 nitrogen and oxygen atoms in total. The number of rotatable bonds is 3. The summed E-state index contributed by atoms with van der Waals surface area (Å²) in [6, 6.07) is 7.99. The summed E-state index contributed by atoms with van der Waals surface area (Å²) in [5.41, 5.74) is 2.15. The van der Waals surface area contributed by atoms with Crippen molar-refractivity contribution in [1.29, 1.82) is 0 Å². The van der Waals surface area contributed by atoms with E-state index in [9.17, 15) is 0 Å². The second kappa shape index (κ2) is 3.94. The molecule has 0 aliphatic heterocycles. The zero-order chi connectivity index (χ0) is 9.97. The van der Waals surface area contributed by atoms with Crippen LogP contribution < -0.4 is 0 Å². The molecule has 1 aromatic carbocycles. The molecule has 0 bridgehead atoms. The third kappa shape index (κ3) is 1.58. The lowest BCUT2D eigenvalue weighted by Crippen LogP contribution is -1.99. The van der Waals surface area contributed by atoms with Crippen molar-refractivity contribution in [3.05, 3.63) is 29.0 Å². The van der Waals surface area contributed by atoms with Crippen molar-refractivity contribution >= 4 is 23.3 Å². The summed E-state index contributed by atoms with van der Waals surface area (Å²) in [6.45, 7) is 0.959. The summed E-state index contributed by atoms with van der Waals surface area (Å²) >= 11 is 5.19. The van der Waals surface area contributed by atoms with Gasteiger partial charge in [-0.25, -0.2) is 0 Å². The molecular formula is C10H12N2OS. The number of benzene rings is 1. The van der Waals surface area contributed by atoms with Crippen LogP contribution in [0.3, 0.4) is 0 Å². The number of imidazole rings is 1. The van der Waals surface area contributed by atoms with Gasteiger partial charge < -0.3 is 14.7 Å². The van der Waals surface area contributed by atoms with Crippen LogP contribution in [0.2, 0.25) is 0 Å². The molecule has 2 aromatic rings. The van der Waals surface area contributed by atoms with Crippen molar-refractivity contribution in [3.8, 4) is 0 Å². The predicted molar refractivity (Wildman–Crippen MR) is 58.8 cm³/mol. The maximum Gasteiger partial charge on any atom is 0.178 e. The van der Waals surface area contributed by atoms with E-state index >= 15 is 0 Å². The van der Waals surface area contributed by atoms with Crippen molar-refractivity contribution in [2.24, 2.45) is 0 Å². The van der Waals surface area contributed by atoms with Gasteiger partial charge in [-0.05, 0) is 30.8 Å². The van der Waals surface area contributed by atoms with Crippen molar-refractivity contribution in [3.63, 3.8) is 0 Å². The van der Waals surface area contributed by atoms with Crippen LogP contribution >= 0.6 is 12.2 Å². The summed E-state index contributed by atoms with van der Waals surface area (Å²) < 4.78 is 2.74. The van der Waals surface area contributed by atoms with Crippen LogP contribution in [0, 0.1) is 4.77 Å². The molecule has 0 radical (unpaired) electrons. The van der Waals surface area contributed by atoms with Gasteiger partial charge in [0, 0.05) is 13.2 Å². The Morgan fingerprint density at radius 2 is 2.14 bits per heavy atom. The Morgan fingerprint density at radius 1 is 1.36 bits per heavy atom. The van der Waals surface area contributed by atoms with E-state index in [1.165, 1.54) is 0 Å². The minimum atomic E-state index is 0.196. The van der Waals surface area contributed by atoms with Gasteiger partial charge in [0.15, 0.2) is 4.77 Å². The van der Waals surface area contributed by atoms with Crippen LogP contribution in [0.4, 0.5) is 0 Å². The van der Waals surface area contributed by atoms with Gasteiger partial charge in [-0.15, -0.1) is 0 Å². The molecule has 0 saturated heterocycles. The van der Waals surface area contributed by atoms with Gasteiger partial charge in [0.25, 0.3) is 0 Å². The van der Waals surface area contributed by atoms with E-state index in [2.05, 4.69) is 4.98 Å². The summed E-state index contributed by atoms with van der Waals surface area (Å²) in [7, 11) is 0. The second-order valence-electron chi connectivity index (χ2n) is 3.18. The first-order valence-corrected chi connectivity index (χ1v) is 5.02. The van der Waals surface area contributed by atoms with Gasteiger partial charge in [-0.1, -0.05) is 12.1 Å². The smallest absolute Gasteiger partial charge is 0.178 e. The number of H-pyrrole nitrogens is 1. The normalized spacial score (nSPS) is 10.9. The highest BCUT2D eigenvalue weighted by atomic mass is 32.1. The highest BCUT2D eigenvalue weighted by Crippen LogP contribution is 2.13. The molecule has 1 heterocycles. The number of aromatic amines is 1. The highest BCUT2D eigenvalue weighted by Gasteiger charge is 2.01. The Balaban J connectivity index is 2.51. The van der Waals surface area contributed by atoms with Crippen molar-refractivity contribution < 1.29 is 5.11 Å². The number of para-hydroxylation sites is 2. The lowest BCUT2D eigenvalue weighted by Gasteiger charge is -2.01. The molecule has 2 N–H and O–H groups in total. The fraction of sp³-hybridized carbons (Fsp3) is 0.300. The summed E-state index contributed by atoms with van der Waals surface area (Å²) in [4.78, 5) is 3.13. The first-order chi connectivity index (χ1) is 6.83. The van der Waals surface area contributed by atoms with E-state index in [1.807, 2.05) is 28.8 Å². The van der Waals surface area contributed by atoms with E-state index in [0.717, 1.165) is 28.8 Å². The lowest BCUT2D eigenvalue weighted by atomic mass is 10.3. The molecule has 4 heteroatoms. The van der Waals surface area contributed by atoms with E-state index in [-0.39, 0.29) is 6.61 Å². The van der Waals surface area contributed by atoms with Crippen molar-refractivity contribution in [1.82, 2.24) is 9.55 Å². The molecule has 0 amide bonds. The van der Waals surface area contributed by atoms with E-state index < -0.39 is 0 Å². The molecule has 0 saturated carbocycles. The quantitative estimate of drug-likeness (QED) is 0.758. The SMILES string of the molecule is OCCCn1c(=S)[nH]c2ccccc21. The van der Waals surface area contributed by atoms with Crippen LogP contribution in [0.25, 0.3) is 11.0 Å². The number of hydrogen-bond acceptors (Lipinski definition) is 2. The lowest BCUT2D eigenvalue weighted by molar-refractivity contribution is 0.280. The van der Waals surface area contributed by atoms with Gasteiger partial charge in [0.05, 0.1) is 11.0 Å². The van der Waals surface area contributed by atoms with Crippen molar-refractivity contribution in [2.75, 3.05) is 6.61 Å². The number of aliphatic hydroxyl groups excluding tert-OH is 1. The van der Waals surface area contributed by atoms with Gasteiger partial charge in [0.2, 0.25) is 0 Å². The second-order valence-corrected chi connectivity index (χ2v) is 3.56. The van der Waals surface area contributed by atoms with Crippen LogP contribution in [0.1, 0.15) is 6.42 Å². The largest absolute Gasteiger partial charge is 0.396 e. The van der Waals surface area contributed by atoms with Crippen LogP contribution in [-0.2, 0) is 6.54 Å². The number of aryl methyl sites for hydroxylation is 1. The monoisotopic (exact) mass is 208 g/mol. The van der Waals surface area contributed by atoms with E-state index in [1.54, 1.807) is 0 Å². The Kier molecular flexibility index (Phi) is 2.65. The number of hydrogen-bond donors (Lipinski definition) is 2. The standard InChI is InChI=1S/C10H12N2OS/c13-7-3-6-12-9-5-2-1-4-8(9)11-10(12)14/h1-2,4-5,13H,3,6-7H2,(H,11,14). The molecule has 74 valence electrons. The first-order valence-electron chi connectivity index (χ1n) is 4.61. The molecule has 0 fully saturated rings. The number of nitrogens with one attached hydrogen (secondary N) is 1. The molecule has 2 rings (SSSR count). The van der Waals surface area contributed by atoms with Crippen LogP contribution in [-0.4, -0.2) is 21.3 Å². The fourth-order valence-corrected chi connectivity index (χ4v) is 1.86. The fourth-order valence-electron chi connectivity index (χ4n) is 1.56. The van der Waals surface area contributed by atoms with Gasteiger partial charge >= 0.3 is 0 Å². The molecule has 0 aliphatic carbocycles. The zero-order valence-electron chi connectivity index (χ0n) is 7.73. The molecule has 14 heavy (non-hydrogen) atoms. The molecule has 0 atom stereocenters. The number of aromatic nitrogens is 2. The zero-order valence-corrected chi connectivity index (χ0v) is 8.55. The Bertz CT molecular complexity index is 486. The van der Waals surface area contributed by atoms with Crippen LogP contribution in [0.15, 0.2) is 24.3 Å². The Hall–Kier alpha value is -1.13. The maximum absolute atomic E-state index is 8.77. The first kappa shape index (κ1) is 9.43. The van der Waals surface area contributed by atoms with E-state index in [4.69, 9.17) is 17.3 Å². The van der Waals surface area contributed by atoms with Crippen molar-refractivity contribution in [2.45, 2.75) is 13.0 Å². The maximum atomic E-state index is 8.77. The Morgan fingerprint density at radius 3 is 2.93 bits per heavy atom. The number of fused-ring (bicyclic) bond motifs is 1. The molecular weight excluding hydrogens is 196 g/mol. The topological polar surface area (TPSA) is 41.0 Å². The number of aliphatic hydroxyl groups is 1. The molecule has 0 unspecified atom stereocenters. The van der Waals surface area contributed by atoms with Crippen LogP contribution in [0.5, 0.6) is 0 Å². The summed E-state index contributed by atoms with van der Waals surface area (Å²) in [5, 5.41) is 8.77. The minimum absolute atomic E-state index is 0.196. The third-order valence-corrected chi connectivity index (χ3v) is 2.54. The molecule has 0 aliphatic rings. The van der Waals surface area contributed by atoms with Gasteiger partial charge in [0.1, 0.15) is 0 Å². The number of nitrogens with zero attached hydrogens (tertiary/aromatic N) is 1. The predicted octanol–water partition coefficient (Wildman–Crippen LogP) is 2.08. The molecule has 0 spiro atoms. The van der Waals surface area contributed by atoms with Gasteiger partial charge in [-0.3, -0.25) is 0 Å². The average Bonchev–Trinajstić information content (AvgIpc) is 2.51. The Labute approximate surface area is 87.0 Å². The average molecular weight is 208 g/mol. The van der Waals surface area contributed by atoms with Gasteiger partial charge in [-0.2, -0.15) is 0 Å². The van der Waals surface area contributed by atoms with E-state index in [0.29, 0.717) is 0 Å². The summed E-state index contributed by atoms with van der Waals surface area (Å²) in [5.74, 6) is 0. The summed E-state index contributed by atoms with van der Waals surface area (Å²) in [6.07, 6.45) is 0.732. The highest BCUT2D eigenvalue weighted by molar-refractivity contribution is 7.71.